The van der Waals surface area contributed by atoms with Crippen LogP contribution >= 0.6 is 0 Å². The van der Waals surface area contributed by atoms with Crippen molar-refractivity contribution in [2.24, 2.45) is 0 Å². The first-order valence-electron chi connectivity index (χ1n) is 4.27. The lowest BCUT2D eigenvalue weighted by molar-refractivity contribution is 0.603. The molecule has 0 bridgehead atoms. The average molecular weight is 185 g/mol. The second-order valence-electron chi connectivity index (χ2n) is 2.97. The van der Waals surface area contributed by atoms with Gasteiger partial charge in [-0.3, -0.25) is 5.10 Å². The molecule has 1 aromatic carbocycles. The van der Waals surface area contributed by atoms with Gasteiger partial charge in [0, 0.05) is 11.8 Å². The number of aromatic amines is 1. The summed E-state index contributed by atoms with van der Waals surface area (Å²) in [5, 5.41) is 6.88. The molecule has 3 aromatic rings. The Labute approximate surface area is 79.6 Å². The molecule has 2 aromatic heterocycles. The van der Waals surface area contributed by atoms with Gasteiger partial charge in [-0.15, -0.1) is 0 Å². The summed E-state index contributed by atoms with van der Waals surface area (Å²) in [5.41, 5.74) is 3.46. The summed E-state index contributed by atoms with van der Waals surface area (Å²) in [7, 11) is 0. The molecule has 1 N–H and O–H groups in total. The first-order chi connectivity index (χ1) is 6.95. The van der Waals surface area contributed by atoms with Gasteiger partial charge in [-0.2, -0.15) is 5.10 Å². The smallest absolute Gasteiger partial charge is 0.182 e. The zero-order valence-electron chi connectivity index (χ0n) is 7.27. The average Bonchev–Trinajstić information content (AvgIpc) is 2.88. The predicted molar refractivity (Wildman–Crippen MR) is 51.6 cm³/mol. The highest BCUT2D eigenvalue weighted by Gasteiger charge is 2.08. The fourth-order valence-corrected chi connectivity index (χ4v) is 1.50. The van der Waals surface area contributed by atoms with Gasteiger partial charge in [0.05, 0.1) is 5.69 Å². The van der Waals surface area contributed by atoms with Gasteiger partial charge in [-0.05, 0) is 18.2 Å². The quantitative estimate of drug-likeness (QED) is 0.632. The highest BCUT2D eigenvalue weighted by molar-refractivity contribution is 5.88. The van der Waals surface area contributed by atoms with E-state index in [0.717, 1.165) is 22.4 Å². The van der Waals surface area contributed by atoms with Gasteiger partial charge >= 0.3 is 0 Å². The summed E-state index contributed by atoms with van der Waals surface area (Å²) in [6.07, 6.45) is 3.23. The van der Waals surface area contributed by atoms with E-state index in [9.17, 15) is 0 Å². The molecular formula is C10H7N3O. The molecule has 0 amide bonds. The Balaban J connectivity index is 2.36. The molecule has 0 aliphatic carbocycles. The Morgan fingerprint density at radius 1 is 1.21 bits per heavy atom. The lowest BCUT2D eigenvalue weighted by Crippen LogP contribution is -1.78. The number of benzene rings is 1. The summed E-state index contributed by atoms with van der Waals surface area (Å²) < 4.78 is 5.31. The molecule has 0 aliphatic rings. The Morgan fingerprint density at radius 3 is 3.07 bits per heavy atom. The number of oxazole rings is 1. The summed E-state index contributed by atoms with van der Waals surface area (Å²) in [4.78, 5) is 4.08. The van der Waals surface area contributed by atoms with Crippen molar-refractivity contribution in [1.29, 1.82) is 0 Å². The first kappa shape index (κ1) is 7.32. The SMILES string of the molecule is c1cc(-c2cc[nH]n2)c2ocnc2c1. The number of rotatable bonds is 1. The zero-order chi connectivity index (χ0) is 9.38. The molecule has 0 atom stereocenters. The van der Waals surface area contributed by atoms with E-state index in [1.165, 1.54) is 6.39 Å². The van der Waals surface area contributed by atoms with Crippen LogP contribution in [-0.4, -0.2) is 15.2 Å². The highest BCUT2D eigenvalue weighted by atomic mass is 16.3. The van der Waals surface area contributed by atoms with Crippen LogP contribution in [0.2, 0.25) is 0 Å². The third-order valence-corrected chi connectivity index (χ3v) is 2.13. The van der Waals surface area contributed by atoms with E-state index >= 15 is 0 Å². The van der Waals surface area contributed by atoms with E-state index in [2.05, 4.69) is 15.2 Å². The first-order valence-corrected chi connectivity index (χ1v) is 4.27. The number of nitrogens with zero attached hydrogens (tertiary/aromatic N) is 2. The lowest BCUT2D eigenvalue weighted by Gasteiger charge is -1.95. The summed E-state index contributed by atoms with van der Waals surface area (Å²) in [5.74, 6) is 0. The second kappa shape index (κ2) is 2.70. The molecule has 0 fully saturated rings. The Bertz CT molecular complexity index is 554. The van der Waals surface area contributed by atoms with Crippen molar-refractivity contribution in [3.05, 3.63) is 36.9 Å². The van der Waals surface area contributed by atoms with E-state index in [-0.39, 0.29) is 0 Å². The van der Waals surface area contributed by atoms with Crippen LogP contribution in [-0.2, 0) is 0 Å². The van der Waals surface area contributed by atoms with Crippen molar-refractivity contribution in [1.82, 2.24) is 15.2 Å². The fraction of sp³-hybridized carbons (Fsp3) is 0. The monoisotopic (exact) mass is 185 g/mol. The minimum Gasteiger partial charge on any atom is -0.443 e. The van der Waals surface area contributed by atoms with Crippen molar-refractivity contribution in [2.75, 3.05) is 0 Å². The third kappa shape index (κ3) is 0.939. The van der Waals surface area contributed by atoms with Gasteiger partial charge in [0.1, 0.15) is 5.52 Å². The molecule has 0 saturated heterocycles. The van der Waals surface area contributed by atoms with Crippen molar-refractivity contribution < 1.29 is 4.42 Å². The van der Waals surface area contributed by atoms with Crippen LogP contribution in [0.15, 0.2) is 41.3 Å². The number of H-pyrrole nitrogens is 1. The number of hydrogen-bond donors (Lipinski definition) is 1. The van der Waals surface area contributed by atoms with Gasteiger partial charge in [0.25, 0.3) is 0 Å². The van der Waals surface area contributed by atoms with Gasteiger partial charge < -0.3 is 4.42 Å². The Hall–Kier alpha value is -2.10. The molecule has 0 spiro atoms. The van der Waals surface area contributed by atoms with E-state index in [4.69, 9.17) is 4.42 Å². The highest BCUT2D eigenvalue weighted by Crippen LogP contribution is 2.25. The third-order valence-electron chi connectivity index (χ3n) is 2.13. The van der Waals surface area contributed by atoms with Gasteiger partial charge in [0.15, 0.2) is 12.0 Å². The van der Waals surface area contributed by atoms with Crippen molar-refractivity contribution in [3.63, 3.8) is 0 Å². The number of hydrogen-bond acceptors (Lipinski definition) is 3. The van der Waals surface area contributed by atoms with Crippen molar-refractivity contribution in [2.45, 2.75) is 0 Å². The molecule has 0 unspecified atom stereocenters. The van der Waals surface area contributed by atoms with Gasteiger partial charge in [0.2, 0.25) is 0 Å². The molecule has 0 aliphatic heterocycles. The molecule has 2 heterocycles. The topological polar surface area (TPSA) is 54.7 Å². The largest absolute Gasteiger partial charge is 0.443 e. The molecular weight excluding hydrogens is 178 g/mol. The standard InChI is InChI=1S/C10H7N3O/c1-2-7(8-4-5-12-13-8)10-9(3-1)11-6-14-10/h1-6H,(H,12,13). The zero-order valence-corrected chi connectivity index (χ0v) is 7.27. The summed E-state index contributed by atoms with van der Waals surface area (Å²) in [6.45, 7) is 0. The van der Waals surface area contributed by atoms with Crippen molar-refractivity contribution >= 4 is 11.1 Å². The van der Waals surface area contributed by atoms with Crippen molar-refractivity contribution in [3.8, 4) is 11.3 Å². The summed E-state index contributed by atoms with van der Waals surface area (Å²) >= 11 is 0. The maximum absolute atomic E-state index is 5.31. The molecule has 0 saturated carbocycles. The van der Waals surface area contributed by atoms with Gasteiger partial charge in [-0.1, -0.05) is 6.07 Å². The number of nitrogens with one attached hydrogen (secondary N) is 1. The van der Waals surface area contributed by atoms with Crippen LogP contribution in [0.1, 0.15) is 0 Å². The fourth-order valence-electron chi connectivity index (χ4n) is 1.50. The maximum Gasteiger partial charge on any atom is 0.182 e. The molecule has 14 heavy (non-hydrogen) atoms. The Kier molecular flexibility index (Phi) is 1.41. The molecule has 4 nitrogen and oxygen atoms in total. The van der Waals surface area contributed by atoms with Crippen LogP contribution in [0.5, 0.6) is 0 Å². The van der Waals surface area contributed by atoms with Crippen LogP contribution in [0.3, 0.4) is 0 Å². The normalized spacial score (nSPS) is 10.9. The molecule has 3 rings (SSSR count). The van der Waals surface area contributed by atoms with E-state index in [1.807, 2.05) is 24.3 Å². The minimum atomic E-state index is 0.777. The number of para-hydroxylation sites is 1. The summed E-state index contributed by atoms with van der Waals surface area (Å²) in [6, 6.07) is 7.71. The molecule has 4 heteroatoms. The van der Waals surface area contributed by atoms with Crippen LogP contribution in [0.4, 0.5) is 0 Å². The van der Waals surface area contributed by atoms with Crippen LogP contribution in [0, 0.1) is 0 Å². The number of aromatic nitrogens is 3. The second-order valence-corrected chi connectivity index (χ2v) is 2.97. The van der Waals surface area contributed by atoms with Gasteiger partial charge in [-0.25, -0.2) is 4.98 Å². The Morgan fingerprint density at radius 2 is 2.21 bits per heavy atom. The van der Waals surface area contributed by atoms with E-state index < -0.39 is 0 Å². The molecule has 68 valence electrons. The van der Waals surface area contributed by atoms with E-state index in [1.54, 1.807) is 6.20 Å². The van der Waals surface area contributed by atoms with E-state index in [0.29, 0.717) is 0 Å². The number of fused-ring (bicyclic) bond motifs is 1. The lowest BCUT2D eigenvalue weighted by atomic mass is 10.1. The minimum absolute atomic E-state index is 0.777. The maximum atomic E-state index is 5.31. The van der Waals surface area contributed by atoms with Crippen LogP contribution < -0.4 is 0 Å². The van der Waals surface area contributed by atoms with Crippen LogP contribution in [0.25, 0.3) is 22.4 Å². The molecule has 0 radical (unpaired) electrons. The predicted octanol–water partition coefficient (Wildman–Crippen LogP) is 2.22.